The number of hydrogen-bond donors (Lipinski definition) is 0. The lowest BCUT2D eigenvalue weighted by atomic mass is 10.1. The molecule has 0 atom stereocenters. The fraction of sp³-hybridized carbons (Fsp3) is 0.500. The van der Waals surface area contributed by atoms with Gasteiger partial charge in [-0.15, -0.1) is 0 Å². The summed E-state index contributed by atoms with van der Waals surface area (Å²) in [6.45, 7) is 8.68. The van der Waals surface area contributed by atoms with E-state index in [4.69, 9.17) is 0 Å². The van der Waals surface area contributed by atoms with Gasteiger partial charge in [0.2, 0.25) is 0 Å². The van der Waals surface area contributed by atoms with Crippen LogP contribution in [0.1, 0.15) is 50.8 Å². The number of nitrogens with zero attached hydrogens (tertiary/aromatic N) is 3. The molecule has 0 N–H and O–H groups in total. The van der Waals surface area contributed by atoms with Crippen molar-refractivity contribution in [2.24, 2.45) is 0 Å². The van der Waals surface area contributed by atoms with Gasteiger partial charge in [0, 0.05) is 11.8 Å². The summed E-state index contributed by atoms with van der Waals surface area (Å²) in [5.41, 5.74) is 3.43. The minimum absolute atomic E-state index is 0.454. The van der Waals surface area contributed by atoms with Crippen LogP contribution in [0.3, 0.4) is 0 Å². The van der Waals surface area contributed by atoms with Crippen molar-refractivity contribution in [3.05, 3.63) is 29.7 Å². The van der Waals surface area contributed by atoms with Crippen LogP contribution in [0.2, 0.25) is 0 Å². The van der Waals surface area contributed by atoms with E-state index in [2.05, 4.69) is 43.8 Å². The number of imidazole rings is 1. The predicted octanol–water partition coefficient (Wildman–Crippen LogP) is 2.98. The normalized spacial score (nSPS) is 11.9. The van der Waals surface area contributed by atoms with Crippen LogP contribution in [-0.2, 0) is 0 Å². The Morgan fingerprint density at radius 2 is 1.87 bits per heavy atom. The van der Waals surface area contributed by atoms with E-state index in [0.29, 0.717) is 11.8 Å². The maximum Gasteiger partial charge on any atom is 0.157 e. The molecule has 2 rings (SSSR count). The standard InChI is InChI=1S/C12H17N3/c1-8(2)10-5-6-14-15-11(9(3)4)7-13-12(10)15/h5-9H,1-4H3. The van der Waals surface area contributed by atoms with Gasteiger partial charge in [-0.3, -0.25) is 0 Å². The number of rotatable bonds is 2. The first-order chi connectivity index (χ1) is 7.11. The third-order valence-corrected chi connectivity index (χ3v) is 2.67. The van der Waals surface area contributed by atoms with Crippen LogP contribution in [0.25, 0.3) is 5.65 Å². The zero-order chi connectivity index (χ0) is 11.0. The molecule has 0 unspecified atom stereocenters. The fourth-order valence-electron chi connectivity index (χ4n) is 1.78. The van der Waals surface area contributed by atoms with Crippen LogP contribution in [0.4, 0.5) is 0 Å². The molecule has 2 heterocycles. The lowest BCUT2D eigenvalue weighted by Crippen LogP contribution is -2.02. The average Bonchev–Trinajstić information content (AvgIpc) is 2.59. The van der Waals surface area contributed by atoms with E-state index >= 15 is 0 Å². The van der Waals surface area contributed by atoms with Crippen molar-refractivity contribution < 1.29 is 0 Å². The van der Waals surface area contributed by atoms with Gasteiger partial charge in [0.15, 0.2) is 5.65 Å². The minimum atomic E-state index is 0.454. The van der Waals surface area contributed by atoms with E-state index in [0.717, 1.165) is 5.65 Å². The van der Waals surface area contributed by atoms with Gasteiger partial charge in [-0.25, -0.2) is 9.50 Å². The molecule has 0 aliphatic rings. The largest absolute Gasteiger partial charge is 0.235 e. The number of aromatic nitrogens is 3. The highest BCUT2D eigenvalue weighted by Gasteiger charge is 2.12. The molecule has 0 saturated heterocycles. The highest BCUT2D eigenvalue weighted by Crippen LogP contribution is 2.21. The summed E-state index contributed by atoms with van der Waals surface area (Å²) in [6, 6.07) is 2.05. The second-order valence-electron chi connectivity index (χ2n) is 4.51. The maximum atomic E-state index is 4.46. The molecule has 0 aliphatic carbocycles. The molecule has 0 aliphatic heterocycles. The van der Waals surface area contributed by atoms with Crippen LogP contribution in [-0.4, -0.2) is 14.6 Å². The highest BCUT2D eigenvalue weighted by atomic mass is 15.3. The zero-order valence-electron chi connectivity index (χ0n) is 9.73. The predicted molar refractivity (Wildman–Crippen MR) is 61.2 cm³/mol. The second-order valence-corrected chi connectivity index (χ2v) is 4.51. The van der Waals surface area contributed by atoms with Gasteiger partial charge in [-0.05, 0) is 17.9 Å². The van der Waals surface area contributed by atoms with Gasteiger partial charge >= 0.3 is 0 Å². The smallest absolute Gasteiger partial charge is 0.157 e. The summed E-state index contributed by atoms with van der Waals surface area (Å²) >= 11 is 0. The summed E-state index contributed by atoms with van der Waals surface area (Å²) in [7, 11) is 0. The Morgan fingerprint density at radius 3 is 2.47 bits per heavy atom. The van der Waals surface area contributed by atoms with E-state index in [1.54, 1.807) is 0 Å². The first-order valence-electron chi connectivity index (χ1n) is 5.43. The monoisotopic (exact) mass is 203 g/mol. The van der Waals surface area contributed by atoms with Crippen molar-refractivity contribution in [3.8, 4) is 0 Å². The summed E-state index contributed by atoms with van der Waals surface area (Å²) in [6.07, 6.45) is 3.79. The van der Waals surface area contributed by atoms with Gasteiger partial charge in [0.25, 0.3) is 0 Å². The van der Waals surface area contributed by atoms with E-state index < -0.39 is 0 Å². The van der Waals surface area contributed by atoms with Gasteiger partial charge in [-0.2, -0.15) is 5.10 Å². The van der Waals surface area contributed by atoms with Crippen molar-refractivity contribution in [2.75, 3.05) is 0 Å². The van der Waals surface area contributed by atoms with Gasteiger partial charge in [0.05, 0.1) is 11.9 Å². The molecule has 0 amide bonds. The molecule has 0 aromatic carbocycles. The van der Waals surface area contributed by atoms with Crippen LogP contribution >= 0.6 is 0 Å². The Kier molecular flexibility index (Phi) is 2.47. The van der Waals surface area contributed by atoms with Gasteiger partial charge < -0.3 is 0 Å². The Bertz CT molecular complexity index is 469. The second kappa shape index (κ2) is 3.65. The molecule has 0 radical (unpaired) electrons. The molecule has 15 heavy (non-hydrogen) atoms. The summed E-state index contributed by atoms with van der Waals surface area (Å²) < 4.78 is 1.96. The quantitative estimate of drug-likeness (QED) is 0.751. The van der Waals surface area contributed by atoms with Crippen molar-refractivity contribution >= 4 is 5.65 Å². The summed E-state index contributed by atoms with van der Waals surface area (Å²) in [5.74, 6) is 0.938. The van der Waals surface area contributed by atoms with Crippen LogP contribution in [0.5, 0.6) is 0 Å². The first kappa shape index (κ1) is 10.1. The maximum absolute atomic E-state index is 4.46. The van der Waals surface area contributed by atoms with E-state index in [1.165, 1.54) is 11.3 Å². The molecular weight excluding hydrogens is 186 g/mol. The van der Waals surface area contributed by atoms with Crippen molar-refractivity contribution in [1.82, 2.24) is 14.6 Å². The summed E-state index contributed by atoms with van der Waals surface area (Å²) in [5, 5.41) is 4.36. The molecule has 0 bridgehead atoms. The molecule has 3 nitrogen and oxygen atoms in total. The molecular formula is C12H17N3. The molecule has 80 valence electrons. The Morgan fingerprint density at radius 1 is 1.13 bits per heavy atom. The Hall–Kier alpha value is -1.38. The van der Waals surface area contributed by atoms with E-state index in [9.17, 15) is 0 Å². The van der Waals surface area contributed by atoms with Gasteiger partial charge in [0.1, 0.15) is 0 Å². The Balaban J connectivity index is 2.69. The van der Waals surface area contributed by atoms with Gasteiger partial charge in [-0.1, -0.05) is 27.7 Å². The minimum Gasteiger partial charge on any atom is -0.235 e. The lowest BCUT2D eigenvalue weighted by Gasteiger charge is -2.08. The van der Waals surface area contributed by atoms with Crippen LogP contribution < -0.4 is 0 Å². The average molecular weight is 203 g/mol. The van der Waals surface area contributed by atoms with Crippen molar-refractivity contribution in [3.63, 3.8) is 0 Å². The van der Waals surface area contributed by atoms with Crippen LogP contribution in [0.15, 0.2) is 18.5 Å². The van der Waals surface area contributed by atoms with E-state index in [-0.39, 0.29) is 0 Å². The van der Waals surface area contributed by atoms with E-state index in [1.807, 2.05) is 16.9 Å². The molecule has 3 heteroatoms. The van der Waals surface area contributed by atoms with Crippen molar-refractivity contribution in [2.45, 2.75) is 39.5 Å². The Labute approximate surface area is 90.1 Å². The summed E-state index contributed by atoms with van der Waals surface area (Å²) in [4.78, 5) is 4.46. The topological polar surface area (TPSA) is 30.2 Å². The highest BCUT2D eigenvalue weighted by molar-refractivity contribution is 5.49. The van der Waals surface area contributed by atoms with Crippen molar-refractivity contribution in [1.29, 1.82) is 0 Å². The molecule has 2 aromatic heterocycles. The third kappa shape index (κ3) is 1.62. The third-order valence-electron chi connectivity index (χ3n) is 2.67. The lowest BCUT2D eigenvalue weighted by molar-refractivity contribution is 0.749. The molecule has 0 saturated carbocycles. The molecule has 0 fully saturated rings. The SMILES string of the molecule is CC(C)c1ccnn2c(C(C)C)cnc12. The number of fused-ring (bicyclic) bond motifs is 1. The van der Waals surface area contributed by atoms with Crippen LogP contribution in [0, 0.1) is 0 Å². The molecule has 2 aromatic rings. The molecule has 0 spiro atoms. The zero-order valence-corrected chi connectivity index (χ0v) is 9.73. The first-order valence-corrected chi connectivity index (χ1v) is 5.43. The fourth-order valence-corrected chi connectivity index (χ4v) is 1.78. The number of hydrogen-bond acceptors (Lipinski definition) is 2.